The fourth-order valence-corrected chi connectivity index (χ4v) is 4.25. The lowest BCUT2D eigenvalue weighted by molar-refractivity contribution is -0.140. The smallest absolute Gasteiger partial charge is 0.301 e. The summed E-state index contributed by atoms with van der Waals surface area (Å²) in [4.78, 5) is 15.2. The van der Waals surface area contributed by atoms with Crippen molar-refractivity contribution in [2.24, 2.45) is 0 Å². The summed E-state index contributed by atoms with van der Waals surface area (Å²) in [6, 6.07) is 3.12. The largest absolute Gasteiger partial charge is 0.419 e. The normalized spacial score (nSPS) is 20.5. The van der Waals surface area contributed by atoms with E-state index in [-0.39, 0.29) is 23.8 Å². The first-order chi connectivity index (χ1) is 13.3. The number of hydrogen-bond acceptors (Lipinski definition) is 3. The van der Waals surface area contributed by atoms with E-state index in [4.69, 9.17) is 0 Å². The Morgan fingerprint density at radius 2 is 1.89 bits per heavy atom. The second-order valence-electron chi connectivity index (χ2n) is 7.56. The minimum Gasteiger partial charge on any atom is -0.301 e. The number of aromatic nitrogens is 3. The molecule has 0 radical (unpaired) electrons. The van der Waals surface area contributed by atoms with Gasteiger partial charge in [-0.05, 0) is 44.8 Å². The van der Waals surface area contributed by atoms with E-state index in [1.54, 1.807) is 4.57 Å². The first kappa shape index (κ1) is 19.2. The molecule has 152 valence electrons. The van der Waals surface area contributed by atoms with Gasteiger partial charge in [-0.25, -0.2) is 13.9 Å². The van der Waals surface area contributed by atoms with Crippen molar-refractivity contribution < 1.29 is 17.6 Å². The lowest BCUT2D eigenvalue weighted by Crippen LogP contribution is -2.37. The van der Waals surface area contributed by atoms with Gasteiger partial charge < -0.3 is 4.90 Å². The molecule has 3 heterocycles. The van der Waals surface area contributed by atoms with Crippen molar-refractivity contribution in [2.75, 3.05) is 19.6 Å². The van der Waals surface area contributed by atoms with Gasteiger partial charge in [0, 0.05) is 18.5 Å². The van der Waals surface area contributed by atoms with Crippen LogP contribution in [0.3, 0.4) is 0 Å². The Labute approximate surface area is 159 Å². The summed E-state index contributed by atoms with van der Waals surface area (Å²) in [6.45, 7) is 2.50. The monoisotopic (exact) mass is 398 g/mol. The van der Waals surface area contributed by atoms with Gasteiger partial charge in [0.05, 0.1) is 18.2 Å². The first-order valence-corrected chi connectivity index (χ1v) is 9.60. The molecule has 1 unspecified atom stereocenters. The zero-order valence-corrected chi connectivity index (χ0v) is 15.4. The van der Waals surface area contributed by atoms with E-state index in [2.05, 4.69) is 10.00 Å². The fraction of sp³-hybridized carbons (Fsp3) is 0.579. The second kappa shape index (κ2) is 7.35. The molecule has 1 atom stereocenters. The maximum Gasteiger partial charge on any atom is 0.419 e. The van der Waals surface area contributed by atoms with E-state index >= 15 is 0 Å². The van der Waals surface area contributed by atoms with Crippen LogP contribution >= 0.6 is 0 Å². The number of benzene rings is 1. The van der Waals surface area contributed by atoms with Crippen LogP contribution in [-0.4, -0.2) is 38.9 Å². The summed E-state index contributed by atoms with van der Waals surface area (Å²) < 4.78 is 55.9. The molecule has 5 nitrogen and oxygen atoms in total. The number of rotatable bonds is 4. The quantitative estimate of drug-likeness (QED) is 0.743. The van der Waals surface area contributed by atoms with Crippen molar-refractivity contribution in [1.29, 1.82) is 0 Å². The summed E-state index contributed by atoms with van der Waals surface area (Å²) in [6.07, 6.45) is -0.0475. The predicted molar refractivity (Wildman–Crippen MR) is 94.6 cm³/mol. The van der Waals surface area contributed by atoms with Crippen molar-refractivity contribution >= 4 is 0 Å². The zero-order valence-electron chi connectivity index (χ0n) is 15.4. The Kier molecular flexibility index (Phi) is 5.03. The van der Waals surface area contributed by atoms with Gasteiger partial charge >= 0.3 is 11.9 Å². The highest BCUT2D eigenvalue weighted by molar-refractivity contribution is 5.28. The Balaban J connectivity index is 1.63. The van der Waals surface area contributed by atoms with E-state index in [0.717, 1.165) is 56.1 Å². The molecule has 2 aromatic rings. The highest BCUT2D eigenvalue weighted by Gasteiger charge is 2.35. The molecule has 0 amide bonds. The molecule has 1 saturated heterocycles. The van der Waals surface area contributed by atoms with Gasteiger partial charge in [0.25, 0.3) is 0 Å². The van der Waals surface area contributed by atoms with Gasteiger partial charge in [0.2, 0.25) is 0 Å². The van der Waals surface area contributed by atoms with Crippen molar-refractivity contribution in [2.45, 2.75) is 50.9 Å². The summed E-state index contributed by atoms with van der Waals surface area (Å²) >= 11 is 0. The molecule has 0 aliphatic carbocycles. The summed E-state index contributed by atoms with van der Waals surface area (Å²) in [7, 11) is 0. The number of alkyl halides is 3. The number of nitrogens with zero attached hydrogens (tertiary/aromatic N) is 4. The topological polar surface area (TPSA) is 43.1 Å². The Morgan fingerprint density at radius 1 is 1.14 bits per heavy atom. The molecule has 1 aromatic carbocycles. The number of halogens is 4. The molecule has 0 spiro atoms. The lowest BCUT2D eigenvalue weighted by atomic mass is 10.0. The average molecular weight is 398 g/mol. The molecule has 2 aliphatic heterocycles. The Hall–Kier alpha value is -2.16. The highest BCUT2D eigenvalue weighted by Crippen LogP contribution is 2.32. The van der Waals surface area contributed by atoms with Crippen LogP contribution in [0.2, 0.25) is 0 Å². The zero-order chi connectivity index (χ0) is 19.9. The van der Waals surface area contributed by atoms with Crippen LogP contribution in [0.5, 0.6) is 0 Å². The van der Waals surface area contributed by atoms with E-state index in [9.17, 15) is 22.4 Å². The molecular weight excluding hydrogens is 376 g/mol. The first-order valence-electron chi connectivity index (χ1n) is 9.60. The molecule has 2 aliphatic rings. The highest BCUT2D eigenvalue weighted by atomic mass is 19.4. The van der Waals surface area contributed by atoms with E-state index < -0.39 is 17.6 Å². The van der Waals surface area contributed by atoms with Gasteiger partial charge in [-0.15, -0.1) is 0 Å². The standard InChI is InChI=1S/C19H22F4N4O/c20-17-13(5-3-7-15(17)19(21,22)23)11-26-18(28)27-14(6-4-8-16(27)24-26)12-25-9-1-2-10-25/h3,5,7,14H,1-2,4,6,8-12H2. The van der Waals surface area contributed by atoms with Gasteiger partial charge in [0.15, 0.2) is 0 Å². The van der Waals surface area contributed by atoms with E-state index in [1.165, 1.54) is 6.07 Å². The van der Waals surface area contributed by atoms with Crippen molar-refractivity contribution in [3.63, 3.8) is 0 Å². The van der Waals surface area contributed by atoms with Gasteiger partial charge in [-0.2, -0.15) is 18.3 Å². The number of fused-ring (bicyclic) bond motifs is 1. The van der Waals surface area contributed by atoms with Gasteiger partial charge in [-0.1, -0.05) is 12.1 Å². The molecule has 9 heteroatoms. The van der Waals surface area contributed by atoms with Crippen molar-refractivity contribution in [1.82, 2.24) is 19.2 Å². The van der Waals surface area contributed by atoms with E-state index in [1.807, 2.05) is 0 Å². The van der Waals surface area contributed by atoms with Crippen LogP contribution in [-0.2, 0) is 19.1 Å². The van der Waals surface area contributed by atoms with Gasteiger partial charge in [0.1, 0.15) is 11.6 Å². The number of aryl methyl sites for hydroxylation is 1. The average Bonchev–Trinajstić information content (AvgIpc) is 3.25. The summed E-state index contributed by atoms with van der Waals surface area (Å²) in [5.41, 5.74) is -1.90. The lowest BCUT2D eigenvalue weighted by Gasteiger charge is -2.27. The molecule has 28 heavy (non-hydrogen) atoms. The minimum atomic E-state index is -4.78. The summed E-state index contributed by atoms with van der Waals surface area (Å²) in [5, 5.41) is 4.30. The van der Waals surface area contributed by atoms with Crippen molar-refractivity contribution in [3.8, 4) is 0 Å². The maximum absolute atomic E-state index is 14.3. The SMILES string of the molecule is O=c1n(Cc2cccc(C(F)(F)F)c2F)nc2n1C(CN1CCCC1)CCC2. The van der Waals surface area contributed by atoms with Crippen LogP contribution < -0.4 is 5.69 Å². The van der Waals surface area contributed by atoms with E-state index in [0.29, 0.717) is 18.3 Å². The maximum atomic E-state index is 14.3. The number of likely N-dealkylation sites (tertiary alicyclic amines) is 1. The minimum absolute atomic E-state index is 0.00876. The molecule has 1 fully saturated rings. The van der Waals surface area contributed by atoms with Crippen LogP contribution in [0.25, 0.3) is 0 Å². The Morgan fingerprint density at radius 3 is 2.61 bits per heavy atom. The van der Waals surface area contributed by atoms with Crippen LogP contribution in [0.15, 0.2) is 23.0 Å². The molecule has 0 bridgehead atoms. The third kappa shape index (κ3) is 3.59. The van der Waals surface area contributed by atoms with Crippen LogP contribution in [0, 0.1) is 5.82 Å². The van der Waals surface area contributed by atoms with Crippen LogP contribution in [0.4, 0.5) is 17.6 Å². The molecule has 0 saturated carbocycles. The van der Waals surface area contributed by atoms with Gasteiger partial charge in [-0.3, -0.25) is 4.57 Å². The molecular formula is C19H22F4N4O. The third-order valence-electron chi connectivity index (χ3n) is 5.62. The fourth-order valence-electron chi connectivity index (χ4n) is 4.25. The second-order valence-corrected chi connectivity index (χ2v) is 7.56. The molecule has 4 rings (SSSR count). The predicted octanol–water partition coefficient (Wildman–Crippen LogP) is 3.22. The van der Waals surface area contributed by atoms with Crippen LogP contribution in [0.1, 0.15) is 48.7 Å². The third-order valence-corrected chi connectivity index (χ3v) is 5.62. The molecule has 1 aromatic heterocycles. The number of hydrogen-bond donors (Lipinski definition) is 0. The van der Waals surface area contributed by atoms with Crippen molar-refractivity contribution in [3.05, 3.63) is 51.5 Å². The Bertz CT molecular complexity index is 912. The summed E-state index contributed by atoms with van der Waals surface area (Å²) in [5.74, 6) is -0.714. The molecule has 0 N–H and O–H groups in total.